The molecule has 0 aliphatic carbocycles. The first-order chi connectivity index (χ1) is 5.88. The highest BCUT2D eigenvalue weighted by Gasteiger charge is 2.22. The third-order valence-electron chi connectivity index (χ3n) is 2.53. The van der Waals surface area contributed by atoms with E-state index in [1.807, 2.05) is 6.08 Å². The van der Waals surface area contributed by atoms with E-state index in [9.17, 15) is 0 Å². The molecule has 1 saturated heterocycles. The maximum Gasteiger partial charge on any atom is 0.0163 e. The molecule has 1 aliphatic rings. The van der Waals surface area contributed by atoms with Crippen LogP contribution in [-0.4, -0.2) is 29.4 Å². The molecule has 0 aromatic carbocycles. The number of hydrogen-bond acceptors (Lipinski definition) is 1. The zero-order chi connectivity index (χ0) is 8.81. The van der Waals surface area contributed by atoms with Crippen molar-refractivity contribution in [2.75, 3.05) is 18.4 Å². The minimum atomic E-state index is 0.834. The third-order valence-corrected chi connectivity index (χ3v) is 3.09. The molecule has 0 amide bonds. The average Bonchev–Trinajstić information content (AvgIpc) is 2.50. The molecule has 0 spiro atoms. The normalized spacial score (nSPS) is 24.6. The lowest BCUT2D eigenvalue weighted by Crippen LogP contribution is -2.29. The molecule has 2 heteroatoms. The predicted octanol–water partition coefficient (Wildman–Crippen LogP) is 2.81. The van der Waals surface area contributed by atoms with E-state index in [-0.39, 0.29) is 0 Å². The highest BCUT2D eigenvalue weighted by molar-refractivity contribution is 9.09. The van der Waals surface area contributed by atoms with Crippen molar-refractivity contribution in [3.05, 3.63) is 12.7 Å². The molecule has 0 aromatic heterocycles. The SMILES string of the molecule is C=CCN1CCCC1CCCBr. The predicted molar refractivity (Wildman–Crippen MR) is 57.8 cm³/mol. The lowest BCUT2D eigenvalue weighted by molar-refractivity contribution is 0.267. The van der Waals surface area contributed by atoms with Gasteiger partial charge in [0.05, 0.1) is 0 Å². The molecule has 1 unspecified atom stereocenters. The molecule has 1 nitrogen and oxygen atoms in total. The molecule has 1 atom stereocenters. The molecule has 0 radical (unpaired) electrons. The third kappa shape index (κ3) is 2.91. The summed E-state index contributed by atoms with van der Waals surface area (Å²) in [6, 6.07) is 0.834. The number of hydrogen-bond donors (Lipinski definition) is 0. The Balaban J connectivity index is 2.25. The van der Waals surface area contributed by atoms with Crippen LogP contribution in [0.4, 0.5) is 0 Å². The molecule has 12 heavy (non-hydrogen) atoms. The van der Waals surface area contributed by atoms with E-state index < -0.39 is 0 Å². The van der Waals surface area contributed by atoms with Gasteiger partial charge in [0.1, 0.15) is 0 Å². The maximum absolute atomic E-state index is 3.79. The molecule has 1 aliphatic heterocycles. The van der Waals surface area contributed by atoms with Crippen molar-refractivity contribution in [1.82, 2.24) is 4.90 Å². The summed E-state index contributed by atoms with van der Waals surface area (Å²) in [6.45, 7) is 6.14. The summed E-state index contributed by atoms with van der Waals surface area (Å²) in [5.41, 5.74) is 0. The van der Waals surface area contributed by atoms with E-state index in [1.54, 1.807) is 0 Å². The highest BCUT2D eigenvalue weighted by atomic mass is 79.9. The van der Waals surface area contributed by atoms with E-state index >= 15 is 0 Å². The van der Waals surface area contributed by atoms with Crippen LogP contribution in [0.5, 0.6) is 0 Å². The van der Waals surface area contributed by atoms with Crippen LogP contribution >= 0.6 is 15.9 Å². The Hall–Kier alpha value is 0.180. The van der Waals surface area contributed by atoms with Gasteiger partial charge in [0.25, 0.3) is 0 Å². The van der Waals surface area contributed by atoms with Gasteiger partial charge in [0.15, 0.2) is 0 Å². The Labute approximate surface area is 84.0 Å². The second-order valence-corrected chi connectivity index (χ2v) is 4.20. The summed E-state index contributed by atoms with van der Waals surface area (Å²) < 4.78 is 0. The van der Waals surface area contributed by atoms with Gasteiger partial charge in [0.2, 0.25) is 0 Å². The van der Waals surface area contributed by atoms with Gasteiger partial charge in [-0.25, -0.2) is 0 Å². The number of alkyl halides is 1. The van der Waals surface area contributed by atoms with Crippen LogP contribution in [0.25, 0.3) is 0 Å². The number of rotatable bonds is 5. The van der Waals surface area contributed by atoms with Crippen molar-refractivity contribution in [3.8, 4) is 0 Å². The van der Waals surface area contributed by atoms with E-state index in [2.05, 4.69) is 27.4 Å². The average molecular weight is 232 g/mol. The van der Waals surface area contributed by atoms with E-state index in [0.29, 0.717) is 0 Å². The Morgan fingerprint density at radius 3 is 3.08 bits per heavy atom. The lowest BCUT2D eigenvalue weighted by Gasteiger charge is -2.22. The fourth-order valence-corrected chi connectivity index (χ4v) is 2.26. The molecule has 0 bridgehead atoms. The van der Waals surface area contributed by atoms with Gasteiger partial charge >= 0.3 is 0 Å². The van der Waals surface area contributed by atoms with Crippen molar-refractivity contribution in [2.45, 2.75) is 31.7 Å². The van der Waals surface area contributed by atoms with Crippen LogP contribution in [0.15, 0.2) is 12.7 Å². The summed E-state index contributed by atoms with van der Waals surface area (Å²) in [5, 5.41) is 1.14. The second kappa shape index (κ2) is 5.76. The van der Waals surface area contributed by atoms with Crippen molar-refractivity contribution < 1.29 is 0 Å². The standard InChI is InChI=1S/C10H18BrN/c1-2-8-12-9-4-6-10(12)5-3-7-11/h2,10H,1,3-9H2. The number of likely N-dealkylation sites (tertiary alicyclic amines) is 1. The van der Waals surface area contributed by atoms with Crippen LogP contribution in [-0.2, 0) is 0 Å². The molecular formula is C10H18BrN. The maximum atomic E-state index is 3.79. The molecule has 1 heterocycles. The van der Waals surface area contributed by atoms with Crippen molar-refractivity contribution in [3.63, 3.8) is 0 Å². The highest BCUT2D eigenvalue weighted by Crippen LogP contribution is 2.21. The molecule has 1 fully saturated rings. The topological polar surface area (TPSA) is 3.24 Å². The molecule has 1 rings (SSSR count). The Bertz CT molecular complexity index is 136. The zero-order valence-electron chi connectivity index (χ0n) is 7.64. The molecule has 0 aromatic rings. The van der Waals surface area contributed by atoms with E-state index in [1.165, 1.54) is 32.2 Å². The lowest BCUT2D eigenvalue weighted by atomic mass is 10.1. The minimum Gasteiger partial charge on any atom is -0.297 e. The Morgan fingerprint density at radius 1 is 1.58 bits per heavy atom. The van der Waals surface area contributed by atoms with E-state index in [4.69, 9.17) is 0 Å². The first kappa shape index (κ1) is 10.3. The van der Waals surface area contributed by atoms with Crippen LogP contribution in [0, 0.1) is 0 Å². The quantitative estimate of drug-likeness (QED) is 0.520. The summed E-state index contributed by atoms with van der Waals surface area (Å²) in [6.07, 6.45) is 7.44. The summed E-state index contributed by atoms with van der Waals surface area (Å²) in [7, 11) is 0. The number of nitrogens with zero attached hydrogens (tertiary/aromatic N) is 1. The molecular weight excluding hydrogens is 214 g/mol. The van der Waals surface area contributed by atoms with Gasteiger partial charge in [-0.2, -0.15) is 0 Å². The smallest absolute Gasteiger partial charge is 0.0163 e. The number of halogens is 1. The van der Waals surface area contributed by atoms with Gasteiger partial charge in [-0.15, -0.1) is 6.58 Å². The largest absolute Gasteiger partial charge is 0.297 e. The van der Waals surface area contributed by atoms with Gasteiger partial charge in [-0.05, 0) is 32.2 Å². The van der Waals surface area contributed by atoms with Crippen LogP contribution in [0.1, 0.15) is 25.7 Å². The van der Waals surface area contributed by atoms with Crippen LogP contribution < -0.4 is 0 Å². The minimum absolute atomic E-state index is 0.834. The van der Waals surface area contributed by atoms with E-state index in [0.717, 1.165) is 17.9 Å². The second-order valence-electron chi connectivity index (χ2n) is 3.41. The van der Waals surface area contributed by atoms with Gasteiger partial charge in [0, 0.05) is 17.9 Å². The summed E-state index contributed by atoms with van der Waals surface area (Å²) in [5.74, 6) is 0. The first-order valence-electron chi connectivity index (χ1n) is 4.79. The van der Waals surface area contributed by atoms with Gasteiger partial charge in [-0.3, -0.25) is 4.90 Å². The van der Waals surface area contributed by atoms with Crippen LogP contribution in [0.3, 0.4) is 0 Å². The summed E-state index contributed by atoms with van der Waals surface area (Å²) in [4.78, 5) is 2.55. The first-order valence-corrected chi connectivity index (χ1v) is 5.91. The van der Waals surface area contributed by atoms with Gasteiger partial charge in [-0.1, -0.05) is 22.0 Å². The Kier molecular flexibility index (Phi) is 4.93. The summed E-state index contributed by atoms with van der Waals surface area (Å²) >= 11 is 3.48. The fraction of sp³-hybridized carbons (Fsp3) is 0.800. The molecule has 70 valence electrons. The van der Waals surface area contributed by atoms with Crippen molar-refractivity contribution in [2.24, 2.45) is 0 Å². The van der Waals surface area contributed by atoms with Crippen molar-refractivity contribution in [1.29, 1.82) is 0 Å². The van der Waals surface area contributed by atoms with Gasteiger partial charge < -0.3 is 0 Å². The molecule has 0 N–H and O–H groups in total. The molecule has 0 saturated carbocycles. The van der Waals surface area contributed by atoms with Crippen LogP contribution in [0.2, 0.25) is 0 Å². The monoisotopic (exact) mass is 231 g/mol. The Morgan fingerprint density at radius 2 is 2.42 bits per heavy atom. The fourth-order valence-electron chi connectivity index (χ4n) is 1.94. The van der Waals surface area contributed by atoms with Crippen molar-refractivity contribution >= 4 is 15.9 Å². The zero-order valence-corrected chi connectivity index (χ0v) is 9.22.